The number of likely N-dealkylation sites (N-methyl/N-ethyl adjacent to an activating group) is 1. The first-order valence-electron chi connectivity index (χ1n) is 14.2. The Balaban J connectivity index is 1.47. The fourth-order valence-electron chi connectivity index (χ4n) is 6.20. The van der Waals surface area contributed by atoms with E-state index in [0.29, 0.717) is 18.2 Å². The lowest BCUT2D eigenvalue weighted by atomic mass is 9.83. The summed E-state index contributed by atoms with van der Waals surface area (Å²) in [5, 5.41) is 6.93. The van der Waals surface area contributed by atoms with Crippen LogP contribution in [0, 0.1) is 25.6 Å². The number of hydrogen-bond donors (Lipinski definition) is 2. The van der Waals surface area contributed by atoms with Crippen molar-refractivity contribution < 1.29 is 14.0 Å². The number of aryl methyl sites for hydroxylation is 2. The van der Waals surface area contributed by atoms with E-state index in [9.17, 15) is 14.0 Å². The van der Waals surface area contributed by atoms with Gasteiger partial charge in [0.05, 0.1) is 23.3 Å². The van der Waals surface area contributed by atoms with Gasteiger partial charge >= 0.3 is 0 Å². The van der Waals surface area contributed by atoms with E-state index >= 15 is 0 Å². The molecule has 2 unspecified atom stereocenters. The Morgan fingerprint density at radius 1 is 1.05 bits per heavy atom. The first kappa shape index (κ1) is 27.2. The maximum Gasteiger partial charge on any atom is 0.246 e. The van der Waals surface area contributed by atoms with Crippen molar-refractivity contribution in [3.05, 3.63) is 53.4 Å². The standard InChI is InChI=1S/C30H39FN6O2/c1-18-17-37(25-13-12-22(31)15-23(18)25)27-16-24(33-20(3)34-27)26-11-8-14-36(26)30(39)28(21-9-6-5-7-10-21)35-29(38)19(2)32-4/h12-13,15-17,19,21,26,28,32H,5-11,14H2,1-4H3,(H,35,38)/t19?,26?,28-/m0/s1. The van der Waals surface area contributed by atoms with Crippen LogP contribution >= 0.6 is 0 Å². The van der Waals surface area contributed by atoms with Crippen LogP contribution in [0.5, 0.6) is 0 Å². The molecule has 1 aromatic carbocycles. The van der Waals surface area contributed by atoms with E-state index in [1.165, 1.54) is 12.5 Å². The van der Waals surface area contributed by atoms with Crippen molar-refractivity contribution in [3.63, 3.8) is 0 Å². The molecule has 3 aromatic rings. The SMILES string of the molecule is CNC(C)C(=O)N[C@H](C(=O)N1CCCC1c1cc(-n2cc(C)c3cc(F)ccc32)nc(C)n1)C1CCCCC1. The summed E-state index contributed by atoms with van der Waals surface area (Å²) in [5.41, 5.74) is 2.63. The van der Waals surface area contributed by atoms with Gasteiger partial charge < -0.3 is 20.1 Å². The molecular weight excluding hydrogens is 495 g/mol. The average Bonchev–Trinajstić information content (AvgIpc) is 3.56. The Morgan fingerprint density at radius 3 is 2.56 bits per heavy atom. The summed E-state index contributed by atoms with van der Waals surface area (Å²) in [6.45, 7) is 6.26. The van der Waals surface area contributed by atoms with Gasteiger partial charge in [-0.05, 0) is 83.2 Å². The Kier molecular flexibility index (Phi) is 7.98. The Labute approximate surface area is 229 Å². The summed E-state index contributed by atoms with van der Waals surface area (Å²) in [5.74, 6) is 1.01. The van der Waals surface area contributed by atoms with Gasteiger partial charge in [-0.2, -0.15) is 0 Å². The van der Waals surface area contributed by atoms with Crippen molar-refractivity contribution in [3.8, 4) is 5.82 Å². The van der Waals surface area contributed by atoms with Gasteiger partial charge in [0, 0.05) is 24.2 Å². The number of rotatable bonds is 7. The fraction of sp³-hybridized carbons (Fsp3) is 0.533. The molecule has 0 bridgehead atoms. The molecule has 2 aromatic heterocycles. The maximum absolute atomic E-state index is 14.1. The third-order valence-corrected chi connectivity index (χ3v) is 8.45. The van der Waals surface area contributed by atoms with Crippen molar-refractivity contribution >= 4 is 22.7 Å². The number of likely N-dealkylation sites (tertiary alicyclic amines) is 1. The predicted octanol–water partition coefficient (Wildman–Crippen LogP) is 4.51. The van der Waals surface area contributed by atoms with Crippen molar-refractivity contribution in [1.29, 1.82) is 0 Å². The van der Waals surface area contributed by atoms with Crippen LogP contribution in [0.2, 0.25) is 0 Å². The molecule has 1 saturated carbocycles. The number of nitrogens with one attached hydrogen (secondary N) is 2. The number of hydrogen-bond acceptors (Lipinski definition) is 5. The van der Waals surface area contributed by atoms with Gasteiger partial charge in [0.15, 0.2) is 0 Å². The van der Waals surface area contributed by atoms with Gasteiger partial charge in [0.25, 0.3) is 0 Å². The van der Waals surface area contributed by atoms with E-state index in [2.05, 4.69) is 10.6 Å². The molecule has 2 amide bonds. The van der Waals surface area contributed by atoms with E-state index in [1.54, 1.807) is 19.2 Å². The highest BCUT2D eigenvalue weighted by atomic mass is 19.1. The molecule has 208 valence electrons. The van der Waals surface area contributed by atoms with Gasteiger partial charge in [-0.15, -0.1) is 0 Å². The number of amides is 2. The van der Waals surface area contributed by atoms with E-state index in [0.717, 1.165) is 60.7 Å². The van der Waals surface area contributed by atoms with Gasteiger partial charge in [-0.25, -0.2) is 14.4 Å². The van der Waals surface area contributed by atoms with Gasteiger partial charge in [-0.1, -0.05) is 19.3 Å². The first-order valence-corrected chi connectivity index (χ1v) is 14.2. The molecule has 0 radical (unpaired) electrons. The zero-order chi connectivity index (χ0) is 27.7. The molecule has 9 heteroatoms. The molecule has 1 aliphatic carbocycles. The van der Waals surface area contributed by atoms with Crippen molar-refractivity contribution in [1.82, 2.24) is 30.1 Å². The summed E-state index contributed by atoms with van der Waals surface area (Å²) in [4.78, 5) is 38.4. The number of benzene rings is 1. The van der Waals surface area contributed by atoms with Gasteiger partial charge in [0.2, 0.25) is 11.8 Å². The molecule has 3 atom stereocenters. The maximum atomic E-state index is 14.1. The fourth-order valence-corrected chi connectivity index (χ4v) is 6.20. The Bertz CT molecular complexity index is 1360. The molecule has 3 heterocycles. The zero-order valence-electron chi connectivity index (χ0n) is 23.3. The van der Waals surface area contributed by atoms with Crippen LogP contribution in [-0.4, -0.2) is 56.9 Å². The van der Waals surface area contributed by atoms with Crippen molar-refractivity contribution in [2.45, 2.75) is 83.8 Å². The van der Waals surface area contributed by atoms with Crippen LogP contribution < -0.4 is 10.6 Å². The average molecular weight is 535 g/mol. The Morgan fingerprint density at radius 2 is 1.82 bits per heavy atom. The van der Waals surface area contributed by atoms with Crippen LogP contribution in [-0.2, 0) is 9.59 Å². The highest BCUT2D eigenvalue weighted by Crippen LogP contribution is 2.35. The summed E-state index contributed by atoms with van der Waals surface area (Å²) < 4.78 is 15.9. The normalized spacial score (nSPS) is 19.8. The lowest BCUT2D eigenvalue weighted by Gasteiger charge is -2.35. The largest absolute Gasteiger partial charge is 0.343 e. The lowest BCUT2D eigenvalue weighted by molar-refractivity contribution is -0.139. The predicted molar refractivity (Wildman–Crippen MR) is 149 cm³/mol. The quantitative estimate of drug-likeness (QED) is 0.465. The number of aromatic nitrogens is 3. The molecule has 1 aliphatic heterocycles. The topological polar surface area (TPSA) is 92.2 Å². The van der Waals surface area contributed by atoms with Gasteiger partial charge in [-0.3, -0.25) is 9.59 Å². The van der Waals surface area contributed by atoms with E-state index in [-0.39, 0.29) is 35.6 Å². The molecule has 2 N–H and O–H groups in total. The second-order valence-electron chi connectivity index (χ2n) is 11.1. The third-order valence-electron chi connectivity index (χ3n) is 8.45. The lowest BCUT2D eigenvalue weighted by Crippen LogP contribution is -2.55. The number of carbonyl (C=O) groups is 2. The number of halogens is 1. The third kappa shape index (κ3) is 5.55. The monoisotopic (exact) mass is 534 g/mol. The minimum Gasteiger partial charge on any atom is -0.343 e. The molecule has 0 spiro atoms. The number of carbonyl (C=O) groups excluding carboxylic acids is 2. The van der Waals surface area contributed by atoms with Crippen molar-refractivity contribution in [2.75, 3.05) is 13.6 Å². The van der Waals surface area contributed by atoms with Crippen LogP contribution in [0.25, 0.3) is 16.7 Å². The summed E-state index contributed by atoms with van der Waals surface area (Å²) >= 11 is 0. The van der Waals surface area contributed by atoms with E-state index in [4.69, 9.17) is 9.97 Å². The highest BCUT2D eigenvalue weighted by Gasteiger charge is 2.39. The molecule has 1 saturated heterocycles. The van der Waals surface area contributed by atoms with E-state index < -0.39 is 6.04 Å². The van der Waals surface area contributed by atoms with Crippen LogP contribution in [0.15, 0.2) is 30.5 Å². The summed E-state index contributed by atoms with van der Waals surface area (Å²) in [7, 11) is 1.75. The molecule has 2 aliphatic rings. The molecule has 5 rings (SSSR count). The molecule has 2 fully saturated rings. The van der Waals surface area contributed by atoms with Crippen LogP contribution in [0.4, 0.5) is 4.39 Å². The Hall–Kier alpha value is -3.33. The highest BCUT2D eigenvalue weighted by molar-refractivity contribution is 5.90. The number of nitrogens with zero attached hydrogens (tertiary/aromatic N) is 4. The second-order valence-corrected chi connectivity index (χ2v) is 11.1. The van der Waals surface area contributed by atoms with Crippen molar-refractivity contribution in [2.24, 2.45) is 5.92 Å². The number of fused-ring (bicyclic) bond motifs is 1. The minimum atomic E-state index is -0.539. The smallest absolute Gasteiger partial charge is 0.246 e. The van der Waals surface area contributed by atoms with Gasteiger partial charge in [0.1, 0.15) is 23.5 Å². The molecule has 8 nitrogen and oxygen atoms in total. The molecule has 39 heavy (non-hydrogen) atoms. The zero-order valence-corrected chi connectivity index (χ0v) is 23.3. The van der Waals surface area contributed by atoms with Crippen LogP contribution in [0.3, 0.4) is 0 Å². The second kappa shape index (κ2) is 11.4. The molecular formula is C30H39FN6O2. The summed E-state index contributed by atoms with van der Waals surface area (Å²) in [6.07, 6.45) is 8.87. The first-order chi connectivity index (χ1) is 18.8. The minimum absolute atomic E-state index is 0.0170. The van der Waals surface area contributed by atoms with E-state index in [1.807, 2.05) is 42.5 Å². The van der Waals surface area contributed by atoms with Crippen LogP contribution in [0.1, 0.15) is 75.0 Å². The summed E-state index contributed by atoms with van der Waals surface area (Å²) in [6, 6.07) is 5.61.